The summed E-state index contributed by atoms with van der Waals surface area (Å²) in [5, 5.41) is 0. The van der Waals surface area contributed by atoms with Crippen molar-refractivity contribution in [3.63, 3.8) is 0 Å². The van der Waals surface area contributed by atoms with Gasteiger partial charge in [-0.2, -0.15) is 0 Å². The molecule has 0 aromatic carbocycles. The third kappa shape index (κ3) is 19.2. The average Bonchev–Trinajstić information content (AvgIpc) is 2.73. The first-order chi connectivity index (χ1) is 14.2. The molecule has 0 aliphatic carbocycles. The van der Waals surface area contributed by atoms with Crippen LogP contribution in [0, 0.1) is 0 Å². The quantitative estimate of drug-likeness (QED) is 0.0934. The molecule has 0 fully saturated rings. The summed E-state index contributed by atoms with van der Waals surface area (Å²) >= 11 is -2.92. The zero-order chi connectivity index (χ0) is 21.5. The van der Waals surface area contributed by atoms with E-state index in [-0.39, 0.29) is 0 Å². The summed E-state index contributed by atoms with van der Waals surface area (Å²) in [6, 6.07) is 0. The normalized spacial score (nSPS) is 12.0. The molecule has 0 bridgehead atoms. The number of hydrogen-bond donors (Lipinski definition) is 0. The number of hydrogen-bond acceptors (Lipinski definition) is 2. The van der Waals surface area contributed by atoms with Gasteiger partial charge in [-0.3, -0.25) is 0 Å². The van der Waals surface area contributed by atoms with Crippen LogP contribution in [0.4, 0.5) is 0 Å². The van der Waals surface area contributed by atoms with Crippen molar-refractivity contribution < 1.29 is 6.15 Å². The van der Waals surface area contributed by atoms with E-state index in [4.69, 9.17) is 6.15 Å². The van der Waals surface area contributed by atoms with Crippen LogP contribution in [0.15, 0.2) is 0 Å². The summed E-state index contributed by atoms with van der Waals surface area (Å²) in [6.07, 6.45) is 24.1. The van der Waals surface area contributed by atoms with Crippen molar-refractivity contribution in [1.82, 2.24) is 0 Å². The Kier molecular flexibility index (Phi) is 24.0. The van der Waals surface area contributed by atoms with E-state index in [1.54, 1.807) is 0 Å². The average molecular weight is 519 g/mol. The third-order valence-corrected chi connectivity index (χ3v) is 16.6. The molecule has 0 aromatic rings. The minimum absolute atomic E-state index is 0.962. The van der Waals surface area contributed by atoms with Crippen LogP contribution in [0.2, 0.25) is 8.87 Å². The summed E-state index contributed by atoms with van der Waals surface area (Å²) in [4.78, 5) is 0. The summed E-state index contributed by atoms with van der Waals surface area (Å²) < 4.78 is 16.1. The van der Waals surface area contributed by atoms with Crippen LogP contribution in [0.1, 0.15) is 143 Å². The first-order valence-electron chi connectivity index (χ1n) is 13.5. The van der Waals surface area contributed by atoms with Gasteiger partial charge < -0.3 is 0 Å². The molecule has 0 aliphatic heterocycles. The maximum atomic E-state index is 6.76. The Morgan fingerprint density at radius 3 is 1.07 bits per heavy atom. The van der Waals surface area contributed by atoms with Gasteiger partial charge in [0.2, 0.25) is 0 Å². The molecular weight excluding hydrogens is 463 g/mol. The Bertz CT molecular complexity index is 279. The van der Waals surface area contributed by atoms with E-state index >= 15 is 0 Å². The molecule has 0 saturated heterocycles. The standard InChI is InChI=1S/2C8H17.2C5H11O.Sn/c2*1-3-5-7-8-6-4-2;2*1-2-3-4-5-6;/h2*1,3-8H2,2H3;2*2-5H2,1H3;/q;;2*-1;+2. The first kappa shape index (κ1) is 29.7. The van der Waals surface area contributed by atoms with Crippen molar-refractivity contribution in [3.05, 3.63) is 0 Å². The Labute approximate surface area is 190 Å². The molecule has 176 valence electrons. The fourth-order valence-corrected chi connectivity index (χ4v) is 14.1. The zero-order valence-electron chi connectivity index (χ0n) is 20.9. The molecule has 0 aliphatic rings. The molecule has 0 amide bonds. The van der Waals surface area contributed by atoms with Crippen LogP contribution < -0.4 is 0 Å². The molecule has 0 spiro atoms. The zero-order valence-corrected chi connectivity index (χ0v) is 23.7. The Morgan fingerprint density at radius 1 is 0.379 bits per heavy atom. The van der Waals surface area contributed by atoms with Gasteiger partial charge in [-0.05, 0) is 0 Å². The summed E-state index contributed by atoms with van der Waals surface area (Å²) in [7, 11) is 0. The van der Waals surface area contributed by atoms with Crippen molar-refractivity contribution in [2.75, 3.05) is 13.2 Å². The van der Waals surface area contributed by atoms with Gasteiger partial charge in [0.15, 0.2) is 0 Å². The van der Waals surface area contributed by atoms with Gasteiger partial charge in [0, 0.05) is 0 Å². The van der Waals surface area contributed by atoms with E-state index in [9.17, 15) is 0 Å². The molecule has 3 heteroatoms. The molecular formula is C26H56O2Sn. The van der Waals surface area contributed by atoms with Crippen LogP contribution in [0.25, 0.3) is 0 Å². The van der Waals surface area contributed by atoms with E-state index in [0.29, 0.717) is 0 Å². The second kappa shape index (κ2) is 23.4. The van der Waals surface area contributed by atoms with Gasteiger partial charge in [0.1, 0.15) is 0 Å². The molecule has 0 atom stereocenters. The predicted molar refractivity (Wildman–Crippen MR) is 133 cm³/mol. The van der Waals surface area contributed by atoms with Crippen LogP contribution in [-0.2, 0) is 6.15 Å². The van der Waals surface area contributed by atoms with Gasteiger partial charge in [0.05, 0.1) is 0 Å². The predicted octanol–water partition coefficient (Wildman–Crippen LogP) is 9.56. The van der Waals surface area contributed by atoms with Gasteiger partial charge in [0.25, 0.3) is 0 Å². The fraction of sp³-hybridized carbons (Fsp3) is 1.00. The summed E-state index contributed by atoms with van der Waals surface area (Å²) in [6.45, 7) is 11.1. The molecule has 0 heterocycles. The van der Waals surface area contributed by atoms with Crippen LogP contribution in [0.5, 0.6) is 0 Å². The van der Waals surface area contributed by atoms with Gasteiger partial charge in [-0.1, -0.05) is 0 Å². The minimum atomic E-state index is -2.92. The van der Waals surface area contributed by atoms with E-state index in [2.05, 4.69) is 27.7 Å². The van der Waals surface area contributed by atoms with Crippen LogP contribution in [0.3, 0.4) is 0 Å². The van der Waals surface area contributed by atoms with Crippen LogP contribution >= 0.6 is 0 Å². The van der Waals surface area contributed by atoms with Crippen molar-refractivity contribution in [2.24, 2.45) is 0 Å². The van der Waals surface area contributed by atoms with Gasteiger partial charge in [-0.25, -0.2) is 0 Å². The fourth-order valence-electron chi connectivity index (χ4n) is 4.03. The van der Waals surface area contributed by atoms with Crippen molar-refractivity contribution in [1.29, 1.82) is 0 Å². The second-order valence-corrected chi connectivity index (χ2v) is 18.8. The number of rotatable bonds is 24. The Balaban J connectivity index is 4.63. The van der Waals surface area contributed by atoms with Gasteiger partial charge >= 0.3 is 191 Å². The van der Waals surface area contributed by atoms with E-state index in [0.717, 1.165) is 13.2 Å². The molecule has 0 rings (SSSR count). The number of unbranched alkanes of at least 4 members (excludes halogenated alkanes) is 14. The van der Waals surface area contributed by atoms with Gasteiger partial charge in [-0.15, -0.1) is 0 Å². The summed E-state index contributed by atoms with van der Waals surface area (Å²) in [5.74, 6) is 0. The van der Waals surface area contributed by atoms with E-state index < -0.39 is 19.2 Å². The second-order valence-electron chi connectivity index (χ2n) is 9.06. The van der Waals surface area contributed by atoms with E-state index in [1.807, 2.05) is 0 Å². The molecule has 0 N–H and O–H groups in total. The van der Waals surface area contributed by atoms with Crippen molar-refractivity contribution >= 4 is 19.2 Å². The Hall–Kier alpha value is 0.719. The third-order valence-electron chi connectivity index (χ3n) is 6.05. The molecule has 0 aromatic heterocycles. The van der Waals surface area contributed by atoms with Crippen LogP contribution in [-0.4, -0.2) is 32.4 Å². The monoisotopic (exact) mass is 520 g/mol. The molecule has 29 heavy (non-hydrogen) atoms. The molecule has 2 nitrogen and oxygen atoms in total. The molecule has 0 radical (unpaired) electrons. The molecule has 0 unspecified atom stereocenters. The molecule has 0 saturated carbocycles. The van der Waals surface area contributed by atoms with Crippen molar-refractivity contribution in [3.8, 4) is 0 Å². The SMILES string of the molecule is CCCCCCC[CH2][Sn]([CH2]CCCCCCC)([O]CCCCC)[O]CCCCC. The summed E-state index contributed by atoms with van der Waals surface area (Å²) in [5.41, 5.74) is 0. The van der Waals surface area contributed by atoms with Crippen molar-refractivity contribution in [2.45, 2.75) is 152 Å². The maximum absolute atomic E-state index is 6.76. The van der Waals surface area contributed by atoms with E-state index in [1.165, 1.54) is 124 Å². The topological polar surface area (TPSA) is 18.5 Å². The Morgan fingerprint density at radius 2 is 0.690 bits per heavy atom. The first-order valence-corrected chi connectivity index (χ1v) is 19.9.